The fraction of sp³-hybridized carbons (Fsp3) is 0. The van der Waals surface area contributed by atoms with E-state index in [0.717, 1.165) is 8.95 Å². The Hall–Kier alpha value is -0.480. The lowest BCUT2D eigenvalue weighted by atomic mass is 10.3. The van der Waals surface area contributed by atoms with Crippen LogP contribution in [0.3, 0.4) is 0 Å². The number of benzene rings is 2. The Kier molecular flexibility index (Phi) is 4.96. The van der Waals surface area contributed by atoms with E-state index < -0.39 is 6.95 Å². The second-order valence-electron chi connectivity index (χ2n) is 3.52. The molecule has 0 fully saturated rings. The van der Waals surface area contributed by atoms with Gasteiger partial charge in [0.15, 0.2) is 0 Å². The third kappa shape index (κ3) is 4.84. The Morgan fingerprint density at radius 3 is 1.42 bits per heavy atom. The van der Waals surface area contributed by atoms with E-state index in [9.17, 15) is 4.57 Å². The van der Waals surface area contributed by atoms with E-state index in [1.165, 1.54) is 0 Å². The fourth-order valence-electron chi connectivity index (χ4n) is 1.26. The molecule has 0 radical (unpaired) electrons. The van der Waals surface area contributed by atoms with Crippen molar-refractivity contribution in [1.29, 1.82) is 0 Å². The molecular formula is C12H8Br2ClO3P. The quantitative estimate of drug-likeness (QED) is 0.561. The Bertz CT molecular complexity index is 550. The molecule has 2 aromatic rings. The van der Waals surface area contributed by atoms with E-state index >= 15 is 0 Å². The highest BCUT2D eigenvalue weighted by Gasteiger charge is 2.24. The molecular weight excluding hydrogens is 418 g/mol. The summed E-state index contributed by atoms with van der Waals surface area (Å²) < 4.78 is 24.1. The molecule has 0 aliphatic heterocycles. The van der Waals surface area contributed by atoms with Crippen molar-refractivity contribution >= 4 is 50.0 Å². The monoisotopic (exact) mass is 424 g/mol. The first-order chi connectivity index (χ1) is 8.94. The van der Waals surface area contributed by atoms with Crippen LogP contribution in [0.15, 0.2) is 57.5 Å². The average molecular weight is 426 g/mol. The molecule has 0 bridgehead atoms. The van der Waals surface area contributed by atoms with Crippen LogP contribution < -0.4 is 9.05 Å². The Morgan fingerprint density at radius 1 is 0.789 bits per heavy atom. The molecule has 0 spiro atoms. The van der Waals surface area contributed by atoms with Crippen molar-refractivity contribution in [3.63, 3.8) is 0 Å². The summed E-state index contributed by atoms with van der Waals surface area (Å²) in [4.78, 5) is 0. The normalized spacial score (nSPS) is 11.1. The standard InChI is InChI=1S/C12H8Br2ClO3P/c13-9-1-5-11(6-2-9)17-19(15,16)18-12-7-3-10(14)4-8-12/h1-8H. The van der Waals surface area contributed by atoms with Gasteiger partial charge in [0.05, 0.1) is 0 Å². The minimum atomic E-state index is -3.72. The van der Waals surface area contributed by atoms with E-state index in [2.05, 4.69) is 31.9 Å². The van der Waals surface area contributed by atoms with Crippen molar-refractivity contribution in [2.45, 2.75) is 0 Å². The van der Waals surface area contributed by atoms with E-state index in [4.69, 9.17) is 20.3 Å². The summed E-state index contributed by atoms with van der Waals surface area (Å²) in [6, 6.07) is 13.6. The van der Waals surface area contributed by atoms with Gasteiger partial charge in [-0.2, -0.15) is 0 Å². The van der Waals surface area contributed by atoms with Gasteiger partial charge in [-0.15, -0.1) is 0 Å². The van der Waals surface area contributed by atoms with Crippen LogP contribution in [-0.4, -0.2) is 0 Å². The Labute approximate surface area is 132 Å². The van der Waals surface area contributed by atoms with Gasteiger partial charge in [-0.05, 0) is 48.5 Å². The lowest BCUT2D eigenvalue weighted by Gasteiger charge is -2.13. The first-order valence-electron chi connectivity index (χ1n) is 5.15. The maximum Gasteiger partial charge on any atom is 0.530 e. The summed E-state index contributed by atoms with van der Waals surface area (Å²) >= 11 is 12.4. The summed E-state index contributed by atoms with van der Waals surface area (Å²) in [7, 11) is 0. The number of halogens is 3. The molecule has 0 atom stereocenters. The predicted molar refractivity (Wildman–Crippen MR) is 83.0 cm³/mol. The first kappa shape index (κ1) is 14.9. The molecule has 19 heavy (non-hydrogen) atoms. The lowest BCUT2D eigenvalue weighted by Crippen LogP contribution is -1.95. The molecule has 0 saturated heterocycles. The van der Waals surface area contributed by atoms with Crippen molar-refractivity contribution in [2.24, 2.45) is 0 Å². The van der Waals surface area contributed by atoms with Crippen LogP contribution in [0.4, 0.5) is 0 Å². The molecule has 7 heteroatoms. The van der Waals surface area contributed by atoms with Gasteiger partial charge in [-0.3, -0.25) is 0 Å². The SMILES string of the molecule is O=P(Cl)(Oc1ccc(Br)cc1)Oc1ccc(Br)cc1. The molecule has 0 amide bonds. The first-order valence-corrected chi connectivity index (χ1v) is 9.18. The summed E-state index contributed by atoms with van der Waals surface area (Å²) in [5.74, 6) is 0.747. The van der Waals surface area contributed by atoms with Gasteiger partial charge in [0.1, 0.15) is 11.5 Å². The van der Waals surface area contributed by atoms with Crippen LogP contribution in [-0.2, 0) is 4.57 Å². The highest BCUT2D eigenvalue weighted by atomic mass is 79.9. The zero-order chi connectivity index (χ0) is 13.9. The molecule has 2 rings (SSSR count). The van der Waals surface area contributed by atoms with Gasteiger partial charge in [-0.1, -0.05) is 31.9 Å². The van der Waals surface area contributed by atoms with E-state index in [0.29, 0.717) is 11.5 Å². The maximum absolute atomic E-state index is 12.0. The molecule has 0 aliphatic rings. The molecule has 0 saturated carbocycles. The van der Waals surface area contributed by atoms with E-state index in [1.54, 1.807) is 48.5 Å². The number of rotatable bonds is 4. The minimum Gasteiger partial charge on any atom is -0.405 e. The predicted octanol–water partition coefficient (Wildman–Crippen LogP) is 6.02. The Balaban J connectivity index is 2.08. The summed E-state index contributed by atoms with van der Waals surface area (Å²) in [5.41, 5.74) is 0. The van der Waals surface area contributed by atoms with Gasteiger partial charge >= 0.3 is 6.95 Å². The highest BCUT2D eigenvalue weighted by Crippen LogP contribution is 2.53. The molecule has 3 nitrogen and oxygen atoms in total. The summed E-state index contributed by atoms with van der Waals surface area (Å²) in [6.45, 7) is -3.72. The third-order valence-electron chi connectivity index (χ3n) is 2.06. The van der Waals surface area contributed by atoms with Crippen molar-refractivity contribution in [2.75, 3.05) is 0 Å². The van der Waals surface area contributed by atoms with Gasteiger partial charge in [0.25, 0.3) is 0 Å². The summed E-state index contributed by atoms with van der Waals surface area (Å²) in [5, 5.41) is 0. The fourth-order valence-corrected chi connectivity index (χ4v) is 3.05. The topological polar surface area (TPSA) is 35.5 Å². The number of hydrogen-bond acceptors (Lipinski definition) is 3. The van der Waals surface area contributed by atoms with E-state index in [-0.39, 0.29) is 0 Å². The van der Waals surface area contributed by atoms with Gasteiger partial charge < -0.3 is 9.05 Å². The largest absolute Gasteiger partial charge is 0.530 e. The lowest BCUT2D eigenvalue weighted by molar-refractivity contribution is 0.406. The Morgan fingerprint density at radius 2 is 1.11 bits per heavy atom. The van der Waals surface area contributed by atoms with Crippen LogP contribution in [0.5, 0.6) is 11.5 Å². The zero-order valence-electron chi connectivity index (χ0n) is 9.42. The highest BCUT2D eigenvalue weighted by molar-refractivity contribution is 9.10. The van der Waals surface area contributed by atoms with Gasteiger partial charge in [0.2, 0.25) is 0 Å². The van der Waals surface area contributed by atoms with Crippen LogP contribution in [0, 0.1) is 0 Å². The van der Waals surface area contributed by atoms with Crippen LogP contribution >= 0.6 is 50.0 Å². The van der Waals surface area contributed by atoms with Crippen LogP contribution in [0.1, 0.15) is 0 Å². The second-order valence-corrected chi connectivity index (χ2v) is 7.82. The van der Waals surface area contributed by atoms with Gasteiger partial charge in [0, 0.05) is 20.2 Å². The zero-order valence-corrected chi connectivity index (χ0v) is 14.2. The molecule has 0 heterocycles. The average Bonchev–Trinajstić information content (AvgIpc) is 2.34. The second kappa shape index (κ2) is 6.31. The van der Waals surface area contributed by atoms with Gasteiger partial charge in [-0.25, -0.2) is 4.57 Å². The third-order valence-corrected chi connectivity index (χ3v) is 4.39. The molecule has 0 aromatic heterocycles. The smallest absolute Gasteiger partial charge is 0.405 e. The van der Waals surface area contributed by atoms with Crippen molar-refractivity contribution in [1.82, 2.24) is 0 Å². The van der Waals surface area contributed by atoms with Crippen molar-refractivity contribution in [3.8, 4) is 11.5 Å². The van der Waals surface area contributed by atoms with Crippen LogP contribution in [0.2, 0.25) is 0 Å². The minimum absolute atomic E-state index is 0.374. The van der Waals surface area contributed by atoms with Crippen LogP contribution in [0.25, 0.3) is 0 Å². The summed E-state index contributed by atoms with van der Waals surface area (Å²) in [6.07, 6.45) is 0. The molecule has 0 N–H and O–H groups in total. The number of hydrogen-bond donors (Lipinski definition) is 0. The maximum atomic E-state index is 12.0. The van der Waals surface area contributed by atoms with Crippen molar-refractivity contribution in [3.05, 3.63) is 57.5 Å². The molecule has 100 valence electrons. The molecule has 2 aromatic carbocycles. The van der Waals surface area contributed by atoms with Crippen molar-refractivity contribution < 1.29 is 13.6 Å². The molecule has 0 aliphatic carbocycles. The molecule has 0 unspecified atom stereocenters. The van der Waals surface area contributed by atoms with E-state index in [1.807, 2.05) is 0 Å².